The molecule has 5 N–H and O–H groups in total. The van der Waals surface area contributed by atoms with Crippen LogP contribution in [0.5, 0.6) is 0 Å². The number of fused-ring (bicyclic) bond motifs is 1. The Labute approximate surface area is 151 Å². The van der Waals surface area contributed by atoms with E-state index in [1.807, 2.05) is 24.3 Å². The first-order chi connectivity index (χ1) is 12.4. The van der Waals surface area contributed by atoms with Crippen LogP contribution in [-0.4, -0.2) is 20.2 Å². The Bertz CT molecular complexity index is 1000. The average Bonchev–Trinajstić information content (AvgIpc) is 2.61. The molecule has 0 fully saturated rings. The first-order valence-electron chi connectivity index (χ1n) is 7.91. The lowest BCUT2D eigenvalue weighted by Crippen LogP contribution is -2.24. The number of sulfonamides is 1. The Morgan fingerprint density at radius 1 is 1.04 bits per heavy atom. The number of nitrogens with two attached hydrogens (primary N) is 2. The molecule has 8 heteroatoms. The van der Waals surface area contributed by atoms with Crippen LogP contribution in [0.4, 0.5) is 5.69 Å². The largest absolute Gasteiger partial charge is 0.369 e. The lowest BCUT2D eigenvalue weighted by Gasteiger charge is -2.17. The fraction of sp³-hybridized carbons (Fsp3) is 0.111. The van der Waals surface area contributed by atoms with Gasteiger partial charge in [0.15, 0.2) is 5.78 Å². The summed E-state index contributed by atoms with van der Waals surface area (Å²) in [7, 11) is -3.91. The van der Waals surface area contributed by atoms with Gasteiger partial charge < -0.3 is 16.8 Å². The number of guanidine groups is 1. The van der Waals surface area contributed by atoms with Crippen LogP contribution < -0.4 is 16.8 Å². The number of nitrogens with zero attached hydrogens (tertiary/aromatic N) is 1. The second-order valence-corrected chi connectivity index (χ2v) is 7.42. The van der Waals surface area contributed by atoms with E-state index in [2.05, 4.69) is 9.71 Å². The molecule has 0 aliphatic heterocycles. The van der Waals surface area contributed by atoms with Gasteiger partial charge in [0.25, 0.3) is 10.0 Å². The van der Waals surface area contributed by atoms with E-state index in [0.717, 1.165) is 17.5 Å². The maximum Gasteiger partial charge on any atom is 0.285 e. The van der Waals surface area contributed by atoms with Gasteiger partial charge in [-0.1, -0.05) is 24.3 Å². The molecule has 0 spiro atoms. The summed E-state index contributed by atoms with van der Waals surface area (Å²) >= 11 is 0. The topological polar surface area (TPSA) is 128 Å². The second kappa shape index (κ2) is 7.01. The lowest BCUT2D eigenvalue weighted by atomic mass is 9.87. The number of nitrogens with one attached hydrogen (secondary N) is 1. The standard InChI is InChI=1S/C18H18N4O3S/c19-18(20)22-26(24,25)15-9-7-14(8-10-15)21-11-13-6-5-12-3-1-2-4-16(12)17(13)23/h1-4,7-11,21H,5-6H2,(H4,19,20,22)/b13-11+. The monoisotopic (exact) mass is 370 g/mol. The summed E-state index contributed by atoms with van der Waals surface area (Å²) in [4.78, 5) is 12.5. The predicted molar refractivity (Wildman–Crippen MR) is 100 cm³/mol. The maximum atomic E-state index is 12.5. The Morgan fingerprint density at radius 3 is 2.42 bits per heavy atom. The summed E-state index contributed by atoms with van der Waals surface area (Å²) in [6, 6.07) is 13.5. The van der Waals surface area contributed by atoms with Crippen molar-refractivity contribution in [2.75, 3.05) is 5.32 Å². The molecular formula is C18H18N4O3S. The number of allylic oxidation sites excluding steroid dienone is 1. The fourth-order valence-corrected chi connectivity index (χ4v) is 3.60. The van der Waals surface area contributed by atoms with Crippen LogP contribution in [0.1, 0.15) is 22.3 Å². The third kappa shape index (κ3) is 3.75. The number of carbonyl (C=O) groups excluding carboxylic acids is 1. The van der Waals surface area contributed by atoms with Crippen molar-refractivity contribution >= 4 is 27.5 Å². The van der Waals surface area contributed by atoms with E-state index >= 15 is 0 Å². The first kappa shape index (κ1) is 17.7. The summed E-state index contributed by atoms with van der Waals surface area (Å²) < 4.78 is 27.0. The Balaban J connectivity index is 1.76. The van der Waals surface area contributed by atoms with Crippen LogP contribution in [0.25, 0.3) is 0 Å². The molecule has 2 aromatic carbocycles. The molecule has 0 atom stereocenters. The number of Topliss-reactive ketones (excluding diaryl/α,β-unsaturated/α-hetero) is 1. The normalized spacial score (nSPS) is 15.4. The highest BCUT2D eigenvalue weighted by Gasteiger charge is 2.21. The van der Waals surface area contributed by atoms with Crippen LogP contribution in [0.15, 0.2) is 69.6 Å². The van der Waals surface area contributed by atoms with E-state index < -0.39 is 16.0 Å². The highest BCUT2D eigenvalue weighted by Crippen LogP contribution is 2.25. The minimum Gasteiger partial charge on any atom is -0.369 e. The molecule has 0 heterocycles. The molecule has 0 bridgehead atoms. The molecule has 0 unspecified atom stereocenters. The fourth-order valence-electron chi connectivity index (χ4n) is 2.74. The highest BCUT2D eigenvalue weighted by molar-refractivity contribution is 7.90. The van der Waals surface area contributed by atoms with Crippen LogP contribution in [0, 0.1) is 0 Å². The summed E-state index contributed by atoms with van der Waals surface area (Å²) in [5.41, 5.74) is 13.4. The smallest absolute Gasteiger partial charge is 0.285 e. The molecule has 3 rings (SSSR count). The van der Waals surface area contributed by atoms with Gasteiger partial charge in [0, 0.05) is 23.0 Å². The number of benzene rings is 2. The third-order valence-electron chi connectivity index (χ3n) is 4.01. The minimum absolute atomic E-state index is 0.00584. The molecule has 134 valence electrons. The predicted octanol–water partition coefficient (Wildman–Crippen LogP) is 1.77. The van der Waals surface area contributed by atoms with E-state index in [9.17, 15) is 13.2 Å². The molecule has 0 amide bonds. The van der Waals surface area contributed by atoms with Gasteiger partial charge in [-0.3, -0.25) is 4.79 Å². The molecular weight excluding hydrogens is 352 g/mol. The van der Waals surface area contributed by atoms with Gasteiger partial charge in [-0.05, 0) is 42.7 Å². The van der Waals surface area contributed by atoms with E-state index in [0.29, 0.717) is 17.7 Å². The van der Waals surface area contributed by atoms with Crippen LogP contribution in [-0.2, 0) is 16.4 Å². The third-order valence-corrected chi connectivity index (χ3v) is 5.33. The van der Waals surface area contributed by atoms with Crippen LogP contribution >= 0.6 is 0 Å². The molecule has 0 saturated carbocycles. The van der Waals surface area contributed by atoms with E-state index in [1.54, 1.807) is 18.3 Å². The van der Waals surface area contributed by atoms with E-state index in [-0.39, 0.29) is 10.7 Å². The van der Waals surface area contributed by atoms with Gasteiger partial charge in [-0.25, -0.2) is 0 Å². The lowest BCUT2D eigenvalue weighted by molar-refractivity contribution is 0.102. The molecule has 2 aromatic rings. The SMILES string of the molecule is NC(N)=NS(=O)(=O)c1ccc(N/C=C2\CCc3ccccc3C2=O)cc1. The van der Waals surface area contributed by atoms with Crippen molar-refractivity contribution in [2.24, 2.45) is 15.9 Å². The number of hydrogen-bond donors (Lipinski definition) is 3. The Morgan fingerprint density at radius 2 is 1.73 bits per heavy atom. The highest BCUT2D eigenvalue weighted by atomic mass is 32.2. The van der Waals surface area contributed by atoms with Gasteiger partial charge in [-0.2, -0.15) is 8.42 Å². The number of aryl methyl sites for hydroxylation is 1. The second-order valence-electron chi connectivity index (χ2n) is 5.82. The molecule has 1 aliphatic rings. The van der Waals surface area contributed by atoms with E-state index in [4.69, 9.17) is 11.5 Å². The Hall–Kier alpha value is -3.13. The van der Waals surface area contributed by atoms with Crippen molar-refractivity contribution in [1.29, 1.82) is 0 Å². The van der Waals surface area contributed by atoms with Gasteiger partial charge in [0.1, 0.15) is 0 Å². The van der Waals surface area contributed by atoms with Crippen molar-refractivity contribution in [3.05, 3.63) is 71.4 Å². The van der Waals surface area contributed by atoms with Crippen molar-refractivity contribution in [3.8, 4) is 0 Å². The summed E-state index contributed by atoms with van der Waals surface area (Å²) in [6.45, 7) is 0. The zero-order valence-corrected chi connectivity index (χ0v) is 14.7. The summed E-state index contributed by atoms with van der Waals surface area (Å²) in [5.74, 6) is -0.515. The average molecular weight is 370 g/mol. The van der Waals surface area contributed by atoms with Crippen LogP contribution in [0.3, 0.4) is 0 Å². The summed E-state index contributed by atoms with van der Waals surface area (Å²) in [6.07, 6.45) is 3.13. The zero-order valence-electron chi connectivity index (χ0n) is 13.8. The van der Waals surface area contributed by atoms with Gasteiger partial charge in [0.2, 0.25) is 5.96 Å². The van der Waals surface area contributed by atoms with E-state index in [1.165, 1.54) is 12.1 Å². The molecule has 0 radical (unpaired) electrons. The maximum absolute atomic E-state index is 12.5. The van der Waals surface area contributed by atoms with Gasteiger partial charge in [-0.15, -0.1) is 4.40 Å². The first-order valence-corrected chi connectivity index (χ1v) is 9.35. The number of ketones is 1. The molecule has 1 aliphatic carbocycles. The van der Waals surface area contributed by atoms with Crippen molar-refractivity contribution in [3.63, 3.8) is 0 Å². The van der Waals surface area contributed by atoms with Crippen molar-refractivity contribution in [2.45, 2.75) is 17.7 Å². The van der Waals surface area contributed by atoms with Gasteiger partial charge in [0.05, 0.1) is 4.90 Å². The number of carbonyl (C=O) groups is 1. The molecule has 7 nitrogen and oxygen atoms in total. The summed E-state index contributed by atoms with van der Waals surface area (Å²) in [5, 5.41) is 3.03. The Kier molecular flexibility index (Phi) is 4.77. The van der Waals surface area contributed by atoms with Crippen LogP contribution in [0.2, 0.25) is 0 Å². The molecule has 0 saturated heterocycles. The number of anilines is 1. The number of rotatable bonds is 4. The molecule has 0 aromatic heterocycles. The quantitative estimate of drug-likeness (QED) is 0.427. The van der Waals surface area contributed by atoms with Crippen molar-refractivity contribution in [1.82, 2.24) is 0 Å². The minimum atomic E-state index is -3.91. The van der Waals surface area contributed by atoms with Crippen molar-refractivity contribution < 1.29 is 13.2 Å². The zero-order chi connectivity index (χ0) is 18.7. The molecule has 26 heavy (non-hydrogen) atoms. The number of hydrogen-bond acceptors (Lipinski definition) is 4. The van der Waals surface area contributed by atoms with Gasteiger partial charge >= 0.3 is 0 Å².